The number of piperidine rings is 1. The van der Waals surface area contributed by atoms with E-state index in [0.717, 1.165) is 16.8 Å². The van der Waals surface area contributed by atoms with Crippen LogP contribution < -0.4 is 5.32 Å². The second kappa shape index (κ2) is 11.6. The third-order valence-corrected chi connectivity index (χ3v) is 9.58. The maximum atomic E-state index is 13.6. The number of guanidine groups is 1. The van der Waals surface area contributed by atoms with Crippen LogP contribution in [0.25, 0.3) is 0 Å². The molecule has 0 saturated carbocycles. The first kappa shape index (κ1) is 30.5. The molecule has 2 aliphatic heterocycles. The fraction of sp³-hybridized carbons (Fsp3) is 0.355. The zero-order chi connectivity index (χ0) is 30.3. The summed E-state index contributed by atoms with van der Waals surface area (Å²) in [6.45, 7) is 8.21. The highest BCUT2D eigenvalue weighted by atomic mass is 35.5. The molecule has 0 amide bonds. The van der Waals surface area contributed by atoms with Crippen molar-refractivity contribution in [2.24, 2.45) is 9.50 Å². The number of sulfonamides is 1. The summed E-state index contributed by atoms with van der Waals surface area (Å²) in [5.41, 5.74) is 1.59. The van der Waals surface area contributed by atoms with Crippen LogP contribution in [-0.4, -0.2) is 59.0 Å². The minimum absolute atomic E-state index is 0.0257. The lowest BCUT2D eigenvalue weighted by atomic mass is 9.79. The van der Waals surface area contributed by atoms with E-state index in [9.17, 15) is 13.6 Å². The number of benzene rings is 3. The summed E-state index contributed by atoms with van der Waals surface area (Å²) in [7, 11) is -4.12. The number of rotatable bonds is 5. The molecule has 2 heterocycles. The standard InChI is InChI=1S/C31H35Cl2N5O3S/c1-30(2)18-25(19-31(3,4)38(30)39)34-29(36-42(40,41)26-16-14-24(33)15-17-26)37-20-27(21-8-6-5-7-9-21)28(35-37)22-10-12-23(32)13-11-22/h5-17,25,27,39H,18-20H2,1-4H3,(H,34,36). The topological polar surface area (TPSA) is 97.6 Å². The lowest BCUT2D eigenvalue weighted by Gasteiger charge is -2.51. The van der Waals surface area contributed by atoms with Crippen LogP contribution in [0.1, 0.15) is 57.6 Å². The largest absolute Gasteiger partial charge is 0.351 e. The highest BCUT2D eigenvalue weighted by Gasteiger charge is 2.46. The van der Waals surface area contributed by atoms with Gasteiger partial charge in [-0.15, -0.1) is 4.40 Å². The molecule has 1 saturated heterocycles. The Balaban J connectivity index is 1.59. The van der Waals surface area contributed by atoms with E-state index in [1.54, 1.807) is 5.01 Å². The van der Waals surface area contributed by atoms with Crippen LogP contribution in [0, 0.1) is 0 Å². The van der Waals surface area contributed by atoms with Gasteiger partial charge in [0, 0.05) is 33.1 Å². The fourth-order valence-corrected chi connectivity index (χ4v) is 7.15. The normalized spacial score (nSPS) is 21.3. The predicted molar refractivity (Wildman–Crippen MR) is 168 cm³/mol. The summed E-state index contributed by atoms with van der Waals surface area (Å²) in [5, 5.41) is 23.3. The summed E-state index contributed by atoms with van der Waals surface area (Å²) >= 11 is 12.2. The molecule has 1 fully saturated rings. The minimum atomic E-state index is -4.12. The van der Waals surface area contributed by atoms with Crippen LogP contribution in [0.4, 0.5) is 0 Å². The Kier molecular flexibility index (Phi) is 8.44. The summed E-state index contributed by atoms with van der Waals surface area (Å²) in [4.78, 5) is 0.0257. The molecular formula is C31H35Cl2N5O3S. The lowest BCUT2D eigenvalue weighted by molar-refractivity contribution is -0.245. The van der Waals surface area contributed by atoms with Gasteiger partial charge in [-0.2, -0.15) is 18.6 Å². The molecule has 0 aromatic heterocycles. The van der Waals surface area contributed by atoms with Crippen LogP contribution in [0.15, 0.2) is 93.3 Å². The molecule has 11 heteroatoms. The number of hydrogen-bond donors (Lipinski definition) is 2. The Bertz CT molecular complexity index is 1570. The van der Waals surface area contributed by atoms with E-state index in [0.29, 0.717) is 29.4 Å². The SMILES string of the molecule is CC1(C)CC(N/C(=N/S(=O)(=O)c2ccc(Cl)cc2)N2CC(c3ccccc3)C(c3ccc(Cl)cc3)=N2)CC(C)(C)N1O. The number of halogens is 2. The van der Waals surface area contributed by atoms with Crippen molar-refractivity contribution in [3.8, 4) is 0 Å². The van der Waals surface area contributed by atoms with Gasteiger partial charge in [0.25, 0.3) is 10.0 Å². The molecule has 0 spiro atoms. The van der Waals surface area contributed by atoms with E-state index in [1.165, 1.54) is 29.3 Å². The fourth-order valence-electron chi connectivity index (χ4n) is 5.94. The van der Waals surface area contributed by atoms with Crippen molar-refractivity contribution in [3.05, 3.63) is 100 Å². The third kappa shape index (κ3) is 6.50. The van der Waals surface area contributed by atoms with Crippen molar-refractivity contribution in [1.82, 2.24) is 15.4 Å². The highest BCUT2D eigenvalue weighted by Crippen LogP contribution is 2.37. The van der Waals surface area contributed by atoms with Gasteiger partial charge in [-0.1, -0.05) is 65.7 Å². The van der Waals surface area contributed by atoms with Gasteiger partial charge in [0.2, 0.25) is 5.96 Å². The van der Waals surface area contributed by atoms with E-state index in [4.69, 9.17) is 28.3 Å². The van der Waals surface area contributed by atoms with Gasteiger partial charge >= 0.3 is 0 Å². The highest BCUT2D eigenvalue weighted by molar-refractivity contribution is 7.90. The molecule has 42 heavy (non-hydrogen) atoms. The summed E-state index contributed by atoms with van der Waals surface area (Å²) in [5.74, 6) is -0.0254. The van der Waals surface area contributed by atoms with Gasteiger partial charge in [-0.3, -0.25) is 0 Å². The van der Waals surface area contributed by atoms with Crippen molar-refractivity contribution in [1.29, 1.82) is 0 Å². The zero-order valence-corrected chi connectivity index (χ0v) is 26.3. The Morgan fingerprint density at radius 1 is 0.905 bits per heavy atom. The average Bonchev–Trinajstić information content (AvgIpc) is 3.38. The Hall–Kier alpha value is -2.95. The van der Waals surface area contributed by atoms with Crippen LogP contribution in [0.3, 0.4) is 0 Å². The van der Waals surface area contributed by atoms with Gasteiger partial charge in [0.15, 0.2) is 0 Å². The second-order valence-electron chi connectivity index (χ2n) is 12.1. The lowest BCUT2D eigenvalue weighted by Crippen LogP contribution is -2.63. The molecule has 1 unspecified atom stereocenters. The van der Waals surface area contributed by atoms with Crippen LogP contribution in [0.2, 0.25) is 10.0 Å². The molecule has 3 aromatic carbocycles. The number of nitrogens with zero attached hydrogens (tertiary/aromatic N) is 4. The number of nitrogens with one attached hydrogen (secondary N) is 1. The Morgan fingerprint density at radius 3 is 2.02 bits per heavy atom. The zero-order valence-electron chi connectivity index (χ0n) is 24.0. The van der Waals surface area contributed by atoms with Crippen molar-refractivity contribution in [2.75, 3.05) is 6.54 Å². The van der Waals surface area contributed by atoms with Crippen LogP contribution >= 0.6 is 23.2 Å². The van der Waals surface area contributed by atoms with Crippen LogP contribution in [-0.2, 0) is 10.0 Å². The maximum Gasteiger partial charge on any atom is 0.285 e. The van der Waals surface area contributed by atoms with Crippen LogP contribution in [0.5, 0.6) is 0 Å². The minimum Gasteiger partial charge on any atom is -0.351 e. The van der Waals surface area contributed by atoms with Gasteiger partial charge in [0.1, 0.15) is 0 Å². The van der Waals surface area contributed by atoms with E-state index in [1.807, 2.05) is 82.3 Å². The van der Waals surface area contributed by atoms with Gasteiger partial charge < -0.3 is 10.5 Å². The molecular weight excluding hydrogens is 593 g/mol. The third-order valence-electron chi connectivity index (χ3n) is 7.79. The first-order chi connectivity index (χ1) is 19.7. The molecule has 3 aromatic rings. The monoisotopic (exact) mass is 627 g/mol. The van der Waals surface area contributed by atoms with Crippen molar-refractivity contribution >= 4 is 44.9 Å². The first-order valence-corrected chi connectivity index (χ1v) is 16.0. The second-order valence-corrected chi connectivity index (χ2v) is 14.5. The predicted octanol–water partition coefficient (Wildman–Crippen LogP) is 6.54. The Labute approximate surface area is 257 Å². The van der Waals surface area contributed by atoms with Crippen molar-refractivity contribution in [3.63, 3.8) is 0 Å². The Morgan fingerprint density at radius 2 is 1.45 bits per heavy atom. The molecule has 2 aliphatic rings. The molecule has 1 atom stereocenters. The summed E-state index contributed by atoms with van der Waals surface area (Å²) in [6.07, 6.45) is 1.10. The molecule has 0 aliphatic carbocycles. The quantitative estimate of drug-likeness (QED) is 0.246. The molecule has 8 nitrogen and oxygen atoms in total. The number of hydrazone groups is 1. The summed E-state index contributed by atoms with van der Waals surface area (Å²) in [6, 6.07) is 23.2. The molecule has 0 radical (unpaired) electrons. The van der Waals surface area contributed by atoms with Crippen molar-refractivity contribution in [2.45, 2.75) is 68.5 Å². The smallest absolute Gasteiger partial charge is 0.285 e. The van der Waals surface area contributed by atoms with E-state index < -0.39 is 21.1 Å². The molecule has 222 valence electrons. The van der Waals surface area contributed by atoms with Gasteiger partial charge in [-0.05, 0) is 88.1 Å². The van der Waals surface area contributed by atoms with Crippen molar-refractivity contribution < 1.29 is 13.6 Å². The molecule has 0 bridgehead atoms. The molecule has 2 N–H and O–H groups in total. The van der Waals surface area contributed by atoms with E-state index in [-0.39, 0.29) is 22.8 Å². The average molecular weight is 629 g/mol. The summed E-state index contributed by atoms with van der Waals surface area (Å²) < 4.78 is 31.5. The maximum absolute atomic E-state index is 13.6. The number of hydroxylamine groups is 2. The molecule has 5 rings (SSSR count). The van der Waals surface area contributed by atoms with E-state index in [2.05, 4.69) is 9.71 Å². The first-order valence-electron chi connectivity index (χ1n) is 13.8. The number of hydrogen-bond acceptors (Lipinski definition) is 5. The van der Waals surface area contributed by atoms with Gasteiger partial charge in [-0.25, -0.2) is 5.01 Å². The van der Waals surface area contributed by atoms with E-state index >= 15 is 0 Å². The van der Waals surface area contributed by atoms with Gasteiger partial charge in [0.05, 0.1) is 17.2 Å².